The van der Waals surface area contributed by atoms with Crippen molar-refractivity contribution in [1.29, 1.82) is 0 Å². The standard InChI is InChI=1S/C50H33NO/c1-3-17-39-34(13-1)15-11-22-40(39)36-27-30-38(31-28-36)51(48-25-9-6-20-44(48)43-23-12-16-35-14-2-4-18-41(35)43)47-24-8-5-19-42(47)37-29-32-46-45-21-7-10-26-49(45)52-50(46)33-37/h1-33H. The minimum atomic E-state index is 0.885. The van der Waals surface area contributed by atoms with Crippen LogP contribution in [-0.4, -0.2) is 0 Å². The van der Waals surface area contributed by atoms with E-state index < -0.39 is 0 Å². The Morgan fingerprint density at radius 2 is 0.808 bits per heavy atom. The summed E-state index contributed by atoms with van der Waals surface area (Å²) < 4.78 is 6.37. The van der Waals surface area contributed by atoms with E-state index in [-0.39, 0.29) is 0 Å². The molecule has 1 aromatic heterocycles. The Labute approximate surface area is 302 Å². The molecule has 0 aliphatic heterocycles. The third-order valence-corrected chi connectivity index (χ3v) is 10.3. The van der Waals surface area contributed by atoms with E-state index in [1.807, 2.05) is 12.1 Å². The first-order valence-corrected chi connectivity index (χ1v) is 17.8. The zero-order valence-electron chi connectivity index (χ0n) is 28.4. The Balaban J connectivity index is 1.19. The molecular formula is C50H33NO. The second kappa shape index (κ2) is 12.5. The lowest BCUT2D eigenvalue weighted by molar-refractivity contribution is 0.669. The summed E-state index contributed by atoms with van der Waals surface area (Å²) in [5, 5.41) is 7.20. The van der Waals surface area contributed by atoms with E-state index >= 15 is 0 Å². The highest BCUT2D eigenvalue weighted by atomic mass is 16.3. The van der Waals surface area contributed by atoms with Gasteiger partial charge in [0.25, 0.3) is 0 Å². The van der Waals surface area contributed by atoms with E-state index in [0.29, 0.717) is 0 Å². The summed E-state index contributed by atoms with van der Waals surface area (Å²) in [5.74, 6) is 0. The first-order valence-electron chi connectivity index (χ1n) is 17.8. The summed E-state index contributed by atoms with van der Waals surface area (Å²) in [6.45, 7) is 0. The van der Waals surface area contributed by atoms with Crippen molar-refractivity contribution in [3.8, 4) is 33.4 Å². The molecule has 10 rings (SSSR count). The van der Waals surface area contributed by atoms with E-state index in [9.17, 15) is 0 Å². The van der Waals surface area contributed by atoms with E-state index in [0.717, 1.165) is 50.1 Å². The minimum absolute atomic E-state index is 0.885. The monoisotopic (exact) mass is 663 g/mol. The molecular weight excluding hydrogens is 631 g/mol. The molecule has 2 nitrogen and oxygen atoms in total. The number of furan rings is 1. The summed E-state index contributed by atoms with van der Waals surface area (Å²) in [6, 6.07) is 71.8. The number of hydrogen-bond donors (Lipinski definition) is 0. The highest BCUT2D eigenvalue weighted by molar-refractivity contribution is 6.07. The Bertz CT molecular complexity index is 2910. The lowest BCUT2D eigenvalue weighted by Gasteiger charge is -2.30. The third kappa shape index (κ3) is 5.04. The van der Waals surface area contributed by atoms with Crippen molar-refractivity contribution in [3.63, 3.8) is 0 Å². The van der Waals surface area contributed by atoms with Crippen LogP contribution in [0, 0.1) is 0 Å². The molecule has 0 saturated carbocycles. The molecule has 0 atom stereocenters. The number of hydrogen-bond acceptors (Lipinski definition) is 2. The van der Waals surface area contributed by atoms with Crippen molar-refractivity contribution in [2.24, 2.45) is 0 Å². The molecule has 0 aliphatic rings. The fourth-order valence-electron chi connectivity index (χ4n) is 7.84. The topological polar surface area (TPSA) is 16.4 Å². The van der Waals surface area contributed by atoms with Gasteiger partial charge in [-0.25, -0.2) is 0 Å². The summed E-state index contributed by atoms with van der Waals surface area (Å²) in [5.41, 5.74) is 12.1. The van der Waals surface area contributed by atoms with Crippen LogP contribution in [0.2, 0.25) is 0 Å². The molecule has 0 unspecified atom stereocenters. The molecule has 0 saturated heterocycles. The molecule has 1 heterocycles. The van der Waals surface area contributed by atoms with Gasteiger partial charge in [0.1, 0.15) is 11.2 Å². The highest BCUT2D eigenvalue weighted by Crippen LogP contribution is 2.46. The van der Waals surface area contributed by atoms with Crippen LogP contribution in [0.25, 0.3) is 76.9 Å². The van der Waals surface area contributed by atoms with Crippen LogP contribution >= 0.6 is 0 Å². The second-order valence-corrected chi connectivity index (χ2v) is 13.3. The number of benzene rings is 9. The lowest BCUT2D eigenvalue weighted by Crippen LogP contribution is -2.12. The van der Waals surface area contributed by atoms with Crippen molar-refractivity contribution >= 4 is 60.5 Å². The summed E-state index contributed by atoms with van der Waals surface area (Å²) >= 11 is 0. The van der Waals surface area contributed by atoms with Gasteiger partial charge in [-0.05, 0) is 86.3 Å². The predicted molar refractivity (Wildman–Crippen MR) is 220 cm³/mol. The van der Waals surface area contributed by atoms with Crippen LogP contribution in [-0.2, 0) is 0 Å². The Kier molecular flexibility index (Phi) is 7.18. The number of rotatable bonds is 6. The predicted octanol–water partition coefficient (Wildman–Crippen LogP) is 14.4. The normalized spacial score (nSPS) is 11.5. The van der Waals surface area contributed by atoms with Gasteiger partial charge in [0.15, 0.2) is 0 Å². The van der Waals surface area contributed by atoms with E-state index in [1.54, 1.807) is 0 Å². The first-order chi connectivity index (χ1) is 25.8. The SMILES string of the molecule is c1ccc(N(c2ccc(-c3cccc4ccccc34)cc2)c2ccccc2-c2cccc3ccccc23)c(-c2ccc3c(c2)oc2ccccc23)c1. The Morgan fingerprint density at radius 1 is 0.308 bits per heavy atom. The van der Waals surface area contributed by atoms with Gasteiger partial charge in [-0.2, -0.15) is 0 Å². The molecule has 0 fully saturated rings. The molecule has 0 N–H and O–H groups in total. The maximum Gasteiger partial charge on any atom is 0.136 e. The highest BCUT2D eigenvalue weighted by Gasteiger charge is 2.22. The molecule has 0 aliphatic carbocycles. The maximum absolute atomic E-state index is 6.37. The van der Waals surface area contributed by atoms with Crippen molar-refractivity contribution < 1.29 is 4.42 Å². The number of fused-ring (bicyclic) bond motifs is 5. The van der Waals surface area contributed by atoms with Crippen molar-refractivity contribution in [1.82, 2.24) is 0 Å². The van der Waals surface area contributed by atoms with Gasteiger partial charge in [-0.15, -0.1) is 0 Å². The number of para-hydroxylation sites is 3. The molecule has 0 bridgehead atoms. The molecule has 9 aromatic carbocycles. The number of nitrogens with zero attached hydrogens (tertiary/aromatic N) is 1. The fourth-order valence-corrected chi connectivity index (χ4v) is 7.84. The first kappa shape index (κ1) is 30.0. The molecule has 0 radical (unpaired) electrons. The lowest BCUT2D eigenvalue weighted by atomic mass is 9.94. The molecule has 2 heteroatoms. The van der Waals surface area contributed by atoms with Crippen molar-refractivity contribution in [3.05, 3.63) is 200 Å². The largest absolute Gasteiger partial charge is 0.456 e. The summed E-state index contributed by atoms with van der Waals surface area (Å²) in [7, 11) is 0. The maximum atomic E-state index is 6.37. The molecule has 52 heavy (non-hydrogen) atoms. The zero-order valence-corrected chi connectivity index (χ0v) is 28.4. The number of anilines is 3. The van der Waals surface area contributed by atoms with E-state index in [1.165, 1.54) is 43.8 Å². The Hall–Kier alpha value is -6.90. The van der Waals surface area contributed by atoms with Crippen LogP contribution < -0.4 is 4.90 Å². The molecule has 0 amide bonds. The van der Waals surface area contributed by atoms with Gasteiger partial charge in [0.05, 0.1) is 11.4 Å². The average molecular weight is 664 g/mol. The molecule has 0 spiro atoms. The average Bonchev–Trinajstić information content (AvgIpc) is 3.59. The summed E-state index contributed by atoms with van der Waals surface area (Å²) in [4.78, 5) is 2.42. The van der Waals surface area contributed by atoms with Crippen LogP contribution in [0.15, 0.2) is 205 Å². The molecule has 244 valence electrons. The zero-order chi connectivity index (χ0) is 34.4. The minimum Gasteiger partial charge on any atom is -0.456 e. The van der Waals surface area contributed by atoms with Gasteiger partial charge in [-0.3, -0.25) is 0 Å². The fraction of sp³-hybridized carbons (Fsp3) is 0. The van der Waals surface area contributed by atoms with Gasteiger partial charge < -0.3 is 9.32 Å². The molecule has 10 aromatic rings. The Morgan fingerprint density at radius 3 is 1.56 bits per heavy atom. The van der Waals surface area contributed by atoms with Crippen LogP contribution in [0.1, 0.15) is 0 Å². The third-order valence-electron chi connectivity index (χ3n) is 10.3. The van der Waals surface area contributed by atoms with E-state index in [2.05, 4.69) is 193 Å². The van der Waals surface area contributed by atoms with Crippen LogP contribution in [0.3, 0.4) is 0 Å². The van der Waals surface area contributed by atoms with Crippen molar-refractivity contribution in [2.45, 2.75) is 0 Å². The van der Waals surface area contributed by atoms with Gasteiger partial charge >= 0.3 is 0 Å². The van der Waals surface area contributed by atoms with Gasteiger partial charge in [0, 0.05) is 27.6 Å². The van der Waals surface area contributed by atoms with Crippen LogP contribution in [0.4, 0.5) is 17.1 Å². The second-order valence-electron chi connectivity index (χ2n) is 13.3. The van der Waals surface area contributed by atoms with E-state index in [4.69, 9.17) is 4.42 Å². The van der Waals surface area contributed by atoms with Crippen LogP contribution in [0.5, 0.6) is 0 Å². The smallest absolute Gasteiger partial charge is 0.136 e. The quantitative estimate of drug-likeness (QED) is 0.176. The van der Waals surface area contributed by atoms with Gasteiger partial charge in [-0.1, -0.05) is 158 Å². The summed E-state index contributed by atoms with van der Waals surface area (Å²) in [6.07, 6.45) is 0. The van der Waals surface area contributed by atoms with Gasteiger partial charge in [0.2, 0.25) is 0 Å². The van der Waals surface area contributed by atoms with Crippen molar-refractivity contribution in [2.75, 3.05) is 4.90 Å².